The van der Waals surface area contributed by atoms with Crippen LogP contribution in [0, 0.1) is 11.8 Å². The van der Waals surface area contributed by atoms with Gasteiger partial charge in [0.1, 0.15) is 6.04 Å². The van der Waals surface area contributed by atoms with Crippen LogP contribution in [-0.4, -0.2) is 23.0 Å². The van der Waals surface area contributed by atoms with E-state index in [1.165, 1.54) is 6.42 Å². The number of nitrogens with one attached hydrogen (secondary N) is 1. The van der Waals surface area contributed by atoms with E-state index >= 15 is 0 Å². The minimum atomic E-state index is -0.964. The molecule has 0 saturated heterocycles. The molecule has 108 valence electrons. The average molecular weight is 267 g/mol. The largest absolute Gasteiger partial charge is 0.480 e. The Labute approximate surface area is 115 Å². The lowest BCUT2D eigenvalue weighted by Gasteiger charge is -2.27. The second-order valence-electron chi connectivity index (χ2n) is 5.33. The summed E-state index contributed by atoms with van der Waals surface area (Å²) < 4.78 is 0. The highest BCUT2D eigenvalue weighted by atomic mass is 16.4. The fraction of sp³-hybridized carbons (Fsp3) is 0.733. The van der Waals surface area contributed by atoms with E-state index in [1.54, 1.807) is 12.2 Å². The molecule has 0 heterocycles. The summed E-state index contributed by atoms with van der Waals surface area (Å²) in [5.41, 5.74) is 0. The first-order chi connectivity index (χ1) is 9.08. The summed E-state index contributed by atoms with van der Waals surface area (Å²) >= 11 is 0. The van der Waals surface area contributed by atoms with Crippen LogP contribution in [0.2, 0.25) is 0 Å². The van der Waals surface area contributed by atoms with Crippen LogP contribution < -0.4 is 5.32 Å². The number of carboxylic acids is 1. The molecular weight excluding hydrogens is 242 g/mol. The Kier molecular flexibility index (Phi) is 6.60. The Bertz CT molecular complexity index is 330. The van der Waals surface area contributed by atoms with Crippen molar-refractivity contribution in [1.82, 2.24) is 5.32 Å². The summed E-state index contributed by atoms with van der Waals surface area (Å²) in [6.45, 7) is 4.02. The van der Waals surface area contributed by atoms with Gasteiger partial charge in [0.25, 0.3) is 0 Å². The summed E-state index contributed by atoms with van der Waals surface area (Å²) in [6.07, 6.45) is 9.04. The molecule has 0 spiro atoms. The summed E-state index contributed by atoms with van der Waals surface area (Å²) in [5, 5.41) is 11.7. The molecule has 1 rings (SSSR count). The lowest BCUT2D eigenvalue weighted by atomic mass is 9.80. The number of carbonyl (C=O) groups is 2. The molecule has 0 aromatic carbocycles. The van der Waals surface area contributed by atoms with E-state index < -0.39 is 12.0 Å². The van der Waals surface area contributed by atoms with Gasteiger partial charge >= 0.3 is 5.97 Å². The van der Waals surface area contributed by atoms with Gasteiger partial charge in [-0.25, -0.2) is 4.79 Å². The first kappa shape index (κ1) is 15.7. The van der Waals surface area contributed by atoms with E-state index in [0.29, 0.717) is 6.42 Å². The Morgan fingerprint density at radius 3 is 2.42 bits per heavy atom. The van der Waals surface area contributed by atoms with Crippen LogP contribution in [-0.2, 0) is 9.59 Å². The van der Waals surface area contributed by atoms with Crippen LogP contribution >= 0.6 is 0 Å². The number of allylic oxidation sites excluding steroid dienone is 1. The van der Waals surface area contributed by atoms with Crippen molar-refractivity contribution in [3.05, 3.63) is 12.2 Å². The lowest BCUT2D eigenvalue weighted by Crippen LogP contribution is -2.44. The minimum absolute atomic E-state index is 0.00439. The maximum Gasteiger partial charge on any atom is 0.326 e. The zero-order valence-corrected chi connectivity index (χ0v) is 11.9. The zero-order valence-electron chi connectivity index (χ0n) is 11.9. The standard InChI is InChI=1S/C15H25NO3/c1-3-5-6-13(15(18)19)16-14(17)12-9-7-11(4-2)8-10-12/h3,5,11-13H,4,6-10H2,1-2H3,(H,16,17)(H,18,19)/b5-3+. The molecule has 0 aromatic heterocycles. The fourth-order valence-electron chi connectivity index (χ4n) is 2.62. The Morgan fingerprint density at radius 2 is 1.95 bits per heavy atom. The Hall–Kier alpha value is -1.32. The smallest absolute Gasteiger partial charge is 0.326 e. The maximum atomic E-state index is 12.1. The average Bonchev–Trinajstić information content (AvgIpc) is 2.43. The number of aliphatic carboxylic acids is 1. The predicted octanol–water partition coefficient (Wildman–Crippen LogP) is 2.74. The minimum Gasteiger partial charge on any atom is -0.480 e. The van der Waals surface area contributed by atoms with Crippen LogP contribution in [0.4, 0.5) is 0 Å². The number of rotatable bonds is 6. The van der Waals surface area contributed by atoms with Crippen molar-refractivity contribution < 1.29 is 14.7 Å². The Morgan fingerprint density at radius 1 is 1.32 bits per heavy atom. The molecule has 0 aromatic rings. The van der Waals surface area contributed by atoms with E-state index in [1.807, 2.05) is 6.92 Å². The first-order valence-corrected chi connectivity index (χ1v) is 7.22. The topological polar surface area (TPSA) is 66.4 Å². The maximum absolute atomic E-state index is 12.1. The molecule has 1 unspecified atom stereocenters. The van der Waals surface area contributed by atoms with Gasteiger partial charge in [0, 0.05) is 5.92 Å². The predicted molar refractivity (Wildman–Crippen MR) is 74.7 cm³/mol. The molecule has 4 nitrogen and oxygen atoms in total. The molecule has 1 fully saturated rings. The molecule has 0 bridgehead atoms. The van der Waals surface area contributed by atoms with Crippen molar-refractivity contribution in [1.29, 1.82) is 0 Å². The van der Waals surface area contributed by atoms with Crippen molar-refractivity contribution >= 4 is 11.9 Å². The highest BCUT2D eigenvalue weighted by Crippen LogP contribution is 2.30. The van der Waals surface area contributed by atoms with Crippen LogP contribution in [0.15, 0.2) is 12.2 Å². The van der Waals surface area contributed by atoms with Crippen LogP contribution in [0.1, 0.15) is 52.4 Å². The van der Waals surface area contributed by atoms with Gasteiger partial charge in [-0.15, -0.1) is 0 Å². The molecule has 1 aliphatic carbocycles. The van der Waals surface area contributed by atoms with Gasteiger partial charge in [0.2, 0.25) is 5.91 Å². The number of carboxylic acid groups (broad SMARTS) is 1. The van der Waals surface area contributed by atoms with Gasteiger partial charge in [-0.1, -0.05) is 25.5 Å². The number of carbonyl (C=O) groups excluding carboxylic acids is 1. The molecule has 0 aliphatic heterocycles. The van der Waals surface area contributed by atoms with Crippen molar-refractivity contribution in [3.63, 3.8) is 0 Å². The molecule has 1 amide bonds. The van der Waals surface area contributed by atoms with E-state index in [-0.39, 0.29) is 11.8 Å². The number of amides is 1. The molecule has 19 heavy (non-hydrogen) atoms. The molecule has 0 radical (unpaired) electrons. The molecule has 4 heteroatoms. The first-order valence-electron chi connectivity index (χ1n) is 7.22. The number of hydrogen-bond acceptors (Lipinski definition) is 2. The van der Waals surface area contributed by atoms with Gasteiger partial charge < -0.3 is 10.4 Å². The van der Waals surface area contributed by atoms with Crippen molar-refractivity contribution in [2.75, 3.05) is 0 Å². The fourth-order valence-corrected chi connectivity index (χ4v) is 2.62. The van der Waals surface area contributed by atoms with Gasteiger partial charge in [-0.3, -0.25) is 4.79 Å². The molecule has 1 aliphatic rings. The van der Waals surface area contributed by atoms with Crippen molar-refractivity contribution in [2.45, 2.75) is 58.4 Å². The molecule has 1 atom stereocenters. The second-order valence-corrected chi connectivity index (χ2v) is 5.33. The summed E-state index contributed by atoms with van der Waals surface area (Å²) in [7, 11) is 0. The van der Waals surface area contributed by atoms with Gasteiger partial charge in [-0.2, -0.15) is 0 Å². The van der Waals surface area contributed by atoms with E-state index in [9.17, 15) is 9.59 Å². The lowest BCUT2D eigenvalue weighted by molar-refractivity contribution is -0.142. The van der Waals surface area contributed by atoms with Gasteiger partial charge in [-0.05, 0) is 44.9 Å². The zero-order chi connectivity index (χ0) is 14.3. The summed E-state index contributed by atoms with van der Waals surface area (Å²) in [5.74, 6) is -0.322. The van der Waals surface area contributed by atoms with Gasteiger partial charge in [0.15, 0.2) is 0 Å². The highest BCUT2D eigenvalue weighted by Gasteiger charge is 2.28. The van der Waals surface area contributed by atoms with Crippen molar-refractivity contribution in [2.24, 2.45) is 11.8 Å². The quantitative estimate of drug-likeness (QED) is 0.727. The van der Waals surface area contributed by atoms with E-state index in [4.69, 9.17) is 5.11 Å². The normalized spacial score (nSPS) is 25.2. The molecule has 2 N–H and O–H groups in total. The van der Waals surface area contributed by atoms with E-state index in [2.05, 4.69) is 12.2 Å². The third-order valence-corrected chi connectivity index (χ3v) is 4.02. The Balaban J connectivity index is 2.46. The van der Waals surface area contributed by atoms with E-state index in [0.717, 1.165) is 31.6 Å². The van der Waals surface area contributed by atoms with Gasteiger partial charge in [0.05, 0.1) is 0 Å². The third kappa shape index (κ3) is 5.05. The van der Waals surface area contributed by atoms with Crippen LogP contribution in [0.3, 0.4) is 0 Å². The van der Waals surface area contributed by atoms with Crippen molar-refractivity contribution in [3.8, 4) is 0 Å². The monoisotopic (exact) mass is 267 g/mol. The van der Waals surface area contributed by atoms with Crippen LogP contribution in [0.5, 0.6) is 0 Å². The molecular formula is C15H25NO3. The third-order valence-electron chi connectivity index (χ3n) is 4.02. The SMILES string of the molecule is C/C=C/CC(NC(=O)C1CCC(CC)CC1)C(=O)O. The number of hydrogen-bond donors (Lipinski definition) is 2. The molecule has 1 saturated carbocycles. The highest BCUT2D eigenvalue weighted by molar-refractivity contribution is 5.85. The summed E-state index contributed by atoms with van der Waals surface area (Å²) in [4.78, 5) is 23.1. The second kappa shape index (κ2) is 7.97. The summed E-state index contributed by atoms with van der Waals surface area (Å²) in [6, 6.07) is -0.799. The van der Waals surface area contributed by atoms with Crippen LogP contribution in [0.25, 0.3) is 0 Å².